The fourth-order valence-electron chi connectivity index (χ4n) is 2.02. The van der Waals surface area contributed by atoms with Crippen LogP contribution in [0.2, 0.25) is 0 Å². The van der Waals surface area contributed by atoms with Crippen LogP contribution in [0, 0.1) is 15.9 Å². The number of nitrogens with zero attached hydrogens (tertiary/aromatic N) is 1. The Morgan fingerprint density at radius 3 is 2.42 bits per heavy atom. The van der Waals surface area contributed by atoms with Crippen LogP contribution < -0.4 is 10.1 Å². The number of non-ortho nitro benzene ring substituents is 1. The van der Waals surface area contributed by atoms with Crippen LogP contribution >= 0.6 is 0 Å². The third-order valence-corrected chi connectivity index (χ3v) is 3.38. The Bertz CT molecular complexity index is 838. The Balaban J connectivity index is 2.10. The summed E-state index contributed by atoms with van der Waals surface area (Å²) in [5.41, 5.74) is -0.170. The van der Waals surface area contributed by atoms with Crippen molar-refractivity contribution in [1.82, 2.24) is 0 Å². The van der Waals surface area contributed by atoms with Crippen molar-refractivity contribution >= 4 is 23.3 Å². The Labute approximate surface area is 147 Å². The number of hydrogen-bond donors (Lipinski definition) is 1. The number of esters is 1. The molecule has 0 saturated heterocycles. The molecule has 1 N–H and O–H groups in total. The summed E-state index contributed by atoms with van der Waals surface area (Å²) in [4.78, 5) is 34.5. The quantitative estimate of drug-likeness (QED) is 0.481. The molecule has 8 nitrogen and oxygen atoms in total. The largest absolute Gasteiger partial charge is 0.496 e. The smallest absolute Gasteiger partial charge is 0.342 e. The van der Waals surface area contributed by atoms with Crippen LogP contribution in [0.15, 0.2) is 42.5 Å². The van der Waals surface area contributed by atoms with Crippen molar-refractivity contribution in [3.05, 3.63) is 64.0 Å². The van der Waals surface area contributed by atoms with Crippen LogP contribution in [0.1, 0.15) is 17.3 Å². The highest BCUT2D eigenvalue weighted by atomic mass is 19.1. The van der Waals surface area contributed by atoms with E-state index in [4.69, 9.17) is 9.47 Å². The maximum absolute atomic E-state index is 12.9. The molecule has 26 heavy (non-hydrogen) atoms. The second-order valence-electron chi connectivity index (χ2n) is 5.19. The topological polar surface area (TPSA) is 108 Å². The summed E-state index contributed by atoms with van der Waals surface area (Å²) in [7, 11) is 1.29. The van der Waals surface area contributed by atoms with E-state index >= 15 is 0 Å². The van der Waals surface area contributed by atoms with Gasteiger partial charge < -0.3 is 14.8 Å². The lowest BCUT2D eigenvalue weighted by molar-refractivity contribution is -0.384. The number of methoxy groups -OCH3 is 1. The van der Waals surface area contributed by atoms with Crippen molar-refractivity contribution in [2.24, 2.45) is 0 Å². The molecule has 2 aromatic carbocycles. The normalized spacial score (nSPS) is 11.3. The second kappa shape index (κ2) is 8.06. The molecule has 1 atom stereocenters. The molecule has 0 aliphatic rings. The predicted octanol–water partition coefficient (Wildman–Crippen LogP) is 2.93. The second-order valence-corrected chi connectivity index (χ2v) is 5.19. The summed E-state index contributed by atoms with van der Waals surface area (Å²) in [6.07, 6.45) is -1.20. The summed E-state index contributed by atoms with van der Waals surface area (Å²) in [5, 5.41) is 13.3. The number of hydrogen-bond acceptors (Lipinski definition) is 6. The number of ether oxygens (including phenoxy) is 2. The maximum atomic E-state index is 12.9. The number of nitrogens with one attached hydrogen (secondary N) is 1. The van der Waals surface area contributed by atoms with Crippen molar-refractivity contribution in [3.63, 3.8) is 0 Å². The lowest BCUT2D eigenvalue weighted by Gasteiger charge is -2.14. The average molecular weight is 362 g/mol. The molecule has 0 heterocycles. The third kappa shape index (κ3) is 4.53. The Morgan fingerprint density at radius 1 is 1.19 bits per heavy atom. The zero-order chi connectivity index (χ0) is 19.3. The van der Waals surface area contributed by atoms with Gasteiger partial charge in [0.25, 0.3) is 11.6 Å². The van der Waals surface area contributed by atoms with Crippen LogP contribution in [0.25, 0.3) is 0 Å². The molecule has 0 bridgehead atoms. The van der Waals surface area contributed by atoms with Crippen LogP contribution in [-0.4, -0.2) is 30.0 Å². The molecule has 0 saturated carbocycles. The monoisotopic (exact) mass is 362 g/mol. The first-order chi connectivity index (χ1) is 12.3. The molecule has 136 valence electrons. The highest BCUT2D eigenvalue weighted by Crippen LogP contribution is 2.25. The summed E-state index contributed by atoms with van der Waals surface area (Å²) in [5.74, 6) is -1.98. The van der Waals surface area contributed by atoms with Crippen LogP contribution in [0.4, 0.5) is 15.8 Å². The first-order valence-electron chi connectivity index (χ1n) is 7.41. The van der Waals surface area contributed by atoms with Gasteiger partial charge in [-0.3, -0.25) is 14.9 Å². The highest BCUT2D eigenvalue weighted by Gasteiger charge is 2.23. The number of nitro groups is 1. The van der Waals surface area contributed by atoms with E-state index in [0.29, 0.717) is 5.69 Å². The SMILES string of the molecule is COc1ccc([N+](=O)[O-])cc1C(=O)O[C@H](C)C(=O)Nc1ccc(F)cc1. The van der Waals surface area contributed by atoms with Crippen molar-refractivity contribution in [2.75, 3.05) is 12.4 Å². The average Bonchev–Trinajstić information content (AvgIpc) is 2.62. The number of rotatable bonds is 6. The van der Waals surface area contributed by atoms with E-state index in [1.54, 1.807) is 0 Å². The van der Waals surface area contributed by atoms with Crippen molar-refractivity contribution < 1.29 is 28.4 Å². The number of benzene rings is 2. The standard InChI is InChI=1S/C17H15FN2O6/c1-10(16(21)19-12-5-3-11(18)4-6-12)26-17(22)14-9-13(20(23)24)7-8-15(14)25-2/h3-10H,1-2H3,(H,19,21)/t10-/m1/s1. The molecule has 1 amide bonds. The number of carbonyl (C=O) groups is 2. The first kappa shape index (κ1) is 18.8. The molecular formula is C17H15FN2O6. The van der Waals surface area contributed by atoms with Crippen molar-refractivity contribution in [2.45, 2.75) is 13.0 Å². The van der Waals surface area contributed by atoms with E-state index in [0.717, 1.165) is 6.07 Å². The molecule has 0 aliphatic carbocycles. The molecular weight excluding hydrogens is 347 g/mol. The van der Waals surface area contributed by atoms with E-state index in [1.165, 1.54) is 50.4 Å². The zero-order valence-corrected chi connectivity index (χ0v) is 13.9. The molecule has 0 unspecified atom stereocenters. The van der Waals surface area contributed by atoms with Gasteiger partial charge in [0.05, 0.1) is 12.0 Å². The Hall–Kier alpha value is -3.49. The number of carbonyl (C=O) groups excluding carboxylic acids is 2. The summed E-state index contributed by atoms with van der Waals surface area (Å²) >= 11 is 0. The minimum Gasteiger partial charge on any atom is -0.496 e. The van der Waals surface area contributed by atoms with Gasteiger partial charge in [-0.1, -0.05) is 0 Å². The Kier molecular flexibility index (Phi) is 5.84. The molecule has 9 heteroatoms. The fraction of sp³-hybridized carbons (Fsp3) is 0.176. The van der Waals surface area contributed by atoms with Gasteiger partial charge >= 0.3 is 5.97 Å². The predicted molar refractivity (Wildman–Crippen MR) is 89.6 cm³/mol. The van der Waals surface area contributed by atoms with Gasteiger partial charge in [-0.15, -0.1) is 0 Å². The number of halogens is 1. The zero-order valence-electron chi connectivity index (χ0n) is 13.9. The lowest BCUT2D eigenvalue weighted by Crippen LogP contribution is -2.30. The minimum atomic E-state index is -1.20. The molecule has 0 aromatic heterocycles. The summed E-state index contributed by atoms with van der Waals surface area (Å²) in [6, 6.07) is 8.49. The van der Waals surface area contributed by atoms with Gasteiger partial charge in [0.1, 0.15) is 17.1 Å². The van der Waals surface area contributed by atoms with Crippen LogP contribution in [0.5, 0.6) is 5.75 Å². The molecule has 2 aromatic rings. The van der Waals surface area contributed by atoms with E-state index in [-0.39, 0.29) is 17.0 Å². The molecule has 0 spiro atoms. The summed E-state index contributed by atoms with van der Waals surface area (Å²) < 4.78 is 22.9. The third-order valence-electron chi connectivity index (χ3n) is 3.38. The number of nitro benzene ring substituents is 1. The van der Waals surface area contributed by atoms with Gasteiger partial charge in [-0.25, -0.2) is 9.18 Å². The van der Waals surface area contributed by atoms with Crippen molar-refractivity contribution in [3.8, 4) is 5.75 Å². The van der Waals surface area contributed by atoms with Gasteiger partial charge in [-0.2, -0.15) is 0 Å². The van der Waals surface area contributed by atoms with E-state index in [9.17, 15) is 24.1 Å². The van der Waals surface area contributed by atoms with E-state index < -0.39 is 28.7 Å². The van der Waals surface area contributed by atoms with E-state index in [1.807, 2.05) is 0 Å². The summed E-state index contributed by atoms with van der Waals surface area (Å²) in [6.45, 7) is 1.33. The van der Waals surface area contributed by atoms with E-state index in [2.05, 4.69) is 5.32 Å². The lowest BCUT2D eigenvalue weighted by atomic mass is 10.1. The first-order valence-corrected chi connectivity index (χ1v) is 7.41. The van der Waals surface area contributed by atoms with Gasteiger partial charge in [0, 0.05) is 17.8 Å². The number of anilines is 1. The minimum absolute atomic E-state index is 0.0757. The van der Waals surface area contributed by atoms with Crippen molar-refractivity contribution in [1.29, 1.82) is 0 Å². The molecule has 0 fully saturated rings. The van der Waals surface area contributed by atoms with Gasteiger partial charge in [0.15, 0.2) is 6.10 Å². The Morgan fingerprint density at radius 2 is 1.85 bits per heavy atom. The highest BCUT2D eigenvalue weighted by molar-refractivity contribution is 5.98. The maximum Gasteiger partial charge on any atom is 0.342 e. The van der Waals surface area contributed by atoms with Gasteiger partial charge in [-0.05, 0) is 37.3 Å². The number of amides is 1. The van der Waals surface area contributed by atoms with Gasteiger partial charge in [0.2, 0.25) is 0 Å². The van der Waals surface area contributed by atoms with Crippen LogP contribution in [0.3, 0.4) is 0 Å². The van der Waals surface area contributed by atoms with Crippen LogP contribution in [-0.2, 0) is 9.53 Å². The molecule has 0 aliphatic heterocycles. The molecule has 2 rings (SSSR count). The molecule has 0 radical (unpaired) electrons. The fourth-order valence-corrected chi connectivity index (χ4v) is 2.02.